The molecule has 0 saturated carbocycles. The monoisotopic (exact) mass is 323 g/mol. The van der Waals surface area contributed by atoms with Crippen LogP contribution in [-0.4, -0.2) is 29.6 Å². The standard InChI is InChI=1S/C15H18ClN3O3/c16-13-6-5-10-11(19-13)2-1-3-12(10)22-15(21)17-8-9-4-7-14(20)18-9/h5-6,9,12H,1-4,7-8H2,(H,17,21)(H,18,20)/t9-,12-/m0/s1. The molecule has 1 aromatic heterocycles. The fourth-order valence-electron chi connectivity index (χ4n) is 2.92. The summed E-state index contributed by atoms with van der Waals surface area (Å²) in [6.45, 7) is 0.392. The molecule has 22 heavy (non-hydrogen) atoms. The van der Waals surface area contributed by atoms with Gasteiger partial charge in [0.25, 0.3) is 0 Å². The van der Waals surface area contributed by atoms with Gasteiger partial charge in [0.15, 0.2) is 0 Å². The molecule has 1 aliphatic carbocycles. The van der Waals surface area contributed by atoms with Crippen molar-refractivity contribution in [1.82, 2.24) is 15.6 Å². The number of nitrogens with zero attached hydrogens (tertiary/aromatic N) is 1. The number of carbonyl (C=O) groups is 2. The first kappa shape index (κ1) is 15.1. The van der Waals surface area contributed by atoms with Crippen LogP contribution in [0.4, 0.5) is 4.79 Å². The average molecular weight is 324 g/mol. The van der Waals surface area contributed by atoms with Crippen LogP contribution in [0.25, 0.3) is 0 Å². The van der Waals surface area contributed by atoms with Crippen molar-refractivity contribution in [1.29, 1.82) is 0 Å². The van der Waals surface area contributed by atoms with Gasteiger partial charge in [0.1, 0.15) is 11.3 Å². The molecule has 0 bridgehead atoms. The van der Waals surface area contributed by atoms with E-state index in [1.54, 1.807) is 6.07 Å². The molecule has 0 aromatic carbocycles. The van der Waals surface area contributed by atoms with E-state index in [0.717, 1.165) is 36.9 Å². The minimum absolute atomic E-state index is 0.000773. The average Bonchev–Trinajstić information content (AvgIpc) is 2.91. The molecule has 2 amide bonds. The number of alkyl carbamates (subject to hydrolysis) is 1. The van der Waals surface area contributed by atoms with E-state index in [4.69, 9.17) is 16.3 Å². The highest BCUT2D eigenvalue weighted by atomic mass is 35.5. The van der Waals surface area contributed by atoms with Crippen LogP contribution >= 0.6 is 11.6 Å². The Kier molecular flexibility index (Phi) is 4.47. The van der Waals surface area contributed by atoms with Crippen molar-refractivity contribution in [2.24, 2.45) is 0 Å². The summed E-state index contributed by atoms with van der Waals surface area (Å²) >= 11 is 5.90. The van der Waals surface area contributed by atoms with Gasteiger partial charge in [-0.3, -0.25) is 4.79 Å². The van der Waals surface area contributed by atoms with Crippen LogP contribution in [-0.2, 0) is 16.0 Å². The van der Waals surface area contributed by atoms with Crippen molar-refractivity contribution in [3.63, 3.8) is 0 Å². The summed E-state index contributed by atoms with van der Waals surface area (Å²) < 4.78 is 5.50. The van der Waals surface area contributed by atoms with Gasteiger partial charge in [-0.2, -0.15) is 0 Å². The van der Waals surface area contributed by atoms with Gasteiger partial charge in [-0.05, 0) is 31.7 Å². The number of rotatable bonds is 3. The molecule has 1 fully saturated rings. The molecule has 1 aliphatic heterocycles. The first-order valence-electron chi connectivity index (χ1n) is 7.51. The quantitative estimate of drug-likeness (QED) is 0.835. The molecule has 0 radical (unpaired) electrons. The highest BCUT2D eigenvalue weighted by Gasteiger charge is 2.26. The Hall–Kier alpha value is -1.82. The van der Waals surface area contributed by atoms with Gasteiger partial charge >= 0.3 is 6.09 Å². The predicted octanol–water partition coefficient (Wildman–Crippen LogP) is 2.12. The molecule has 2 atom stereocenters. The maximum atomic E-state index is 11.9. The molecule has 7 heteroatoms. The minimum atomic E-state index is -0.464. The number of halogens is 1. The molecule has 2 heterocycles. The second-order valence-corrected chi connectivity index (χ2v) is 6.03. The lowest BCUT2D eigenvalue weighted by Gasteiger charge is -2.25. The maximum Gasteiger partial charge on any atom is 0.407 e. The van der Waals surface area contributed by atoms with E-state index >= 15 is 0 Å². The molecular weight excluding hydrogens is 306 g/mol. The van der Waals surface area contributed by atoms with Crippen LogP contribution in [0, 0.1) is 0 Å². The zero-order valence-corrected chi connectivity index (χ0v) is 12.9. The number of fused-ring (bicyclic) bond motifs is 1. The largest absolute Gasteiger partial charge is 0.441 e. The molecule has 6 nitrogen and oxygen atoms in total. The maximum absolute atomic E-state index is 11.9. The third-order valence-electron chi connectivity index (χ3n) is 4.03. The fraction of sp³-hybridized carbons (Fsp3) is 0.533. The summed E-state index contributed by atoms with van der Waals surface area (Å²) in [6.07, 6.45) is 3.06. The van der Waals surface area contributed by atoms with Crippen LogP contribution < -0.4 is 10.6 Å². The lowest BCUT2D eigenvalue weighted by molar-refractivity contribution is -0.119. The van der Waals surface area contributed by atoms with E-state index < -0.39 is 6.09 Å². The molecule has 1 saturated heterocycles. The van der Waals surface area contributed by atoms with E-state index in [-0.39, 0.29) is 18.1 Å². The lowest BCUT2D eigenvalue weighted by Crippen LogP contribution is -2.39. The number of ether oxygens (including phenoxy) is 1. The Balaban J connectivity index is 1.55. The Labute approximate surface area is 133 Å². The first-order valence-corrected chi connectivity index (χ1v) is 7.89. The summed E-state index contributed by atoms with van der Waals surface area (Å²) in [6, 6.07) is 3.59. The van der Waals surface area contributed by atoms with Gasteiger partial charge in [0.05, 0.1) is 0 Å². The van der Waals surface area contributed by atoms with E-state index in [2.05, 4.69) is 15.6 Å². The number of hydrogen-bond acceptors (Lipinski definition) is 4. The van der Waals surface area contributed by atoms with Crippen LogP contribution in [0.3, 0.4) is 0 Å². The van der Waals surface area contributed by atoms with Crippen molar-refractivity contribution in [2.75, 3.05) is 6.54 Å². The topological polar surface area (TPSA) is 80.3 Å². The SMILES string of the molecule is O=C1CC[C@@H](CNC(=O)O[C@H]2CCCc3nc(Cl)ccc32)N1. The second-order valence-electron chi connectivity index (χ2n) is 5.64. The van der Waals surface area contributed by atoms with E-state index in [9.17, 15) is 9.59 Å². The number of nitrogens with one attached hydrogen (secondary N) is 2. The van der Waals surface area contributed by atoms with Crippen molar-refractivity contribution < 1.29 is 14.3 Å². The molecule has 3 rings (SSSR count). The van der Waals surface area contributed by atoms with Crippen LogP contribution in [0.15, 0.2) is 12.1 Å². The summed E-state index contributed by atoms with van der Waals surface area (Å²) in [7, 11) is 0. The van der Waals surface area contributed by atoms with Gasteiger partial charge in [0.2, 0.25) is 5.91 Å². The molecule has 2 aliphatic rings. The number of aryl methyl sites for hydroxylation is 1. The first-order chi connectivity index (χ1) is 10.6. The van der Waals surface area contributed by atoms with Gasteiger partial charge in [-0.25, -0.2) is 9.78 Å². The van der Waals surface area contributed by atoms with Crippen molar-refractivity contribution >= 4 is 23.6 Å². The Bertz CT molecular complexity index is 593. The normalized spacial score (nSPS) is 23.6. The number of pyridine rings is 1. The molecule has 0 spiro atoms. The second kappa shape index (κ2) is 6.52. The van der Waals surface area contributed by atoms with Gasteiger partial charge in [0, 0.05) is 30.3 Å². The summed E-state index contributed by atoms with van der Waals surface area (Å²) in [4.78, 5) is 27.3. The minimum Gasteiger partial charge on any atom is -0.441 e. The molecule has 118 valence electrons. The molecule has 0 unspecified atom stereocenters. The van der Waals surface area contributed by atoms with Crippen LogP contribution in [0.1, 0.15) is 43.0 Å². The summed E-state index contributed by atoms with van der Waals surface area (Å²) in [5.41, 5.74) is 1.83. The van der Waals surface area contributed by atoms with Crippen molar-refractivity contribution in [3.05, 3.63) is 28.5 Å². The third kappa shape index (κ3) is 3.50. The van der Waals surface area contributed by atoms with Crippen molar-refractivity contribution in [3.8, 4) is 0 Å². The van der Waals surface area contributed by atoms with Crippen molar-refractivity contribution in [2.45, 2.75) is 44.2 Å². The third-order valence-corrected chi connectivity index (χ3v) is 4.24. The Morgan fingerprint density at radius 1 is 1.41 bits per heavy atom. The van der Waals surface area contributed by atoms with Crippen LogP contribution in [0.5, 0.6) is 0 Å². The van der Waals surface area contributed by atoms with E-state index in [0.29, 0.717) is 18.1 Å². The van der Waals surface area contributed by atoms with Crippen LogP contribution in [0.2, 0.25) is 5.15 Å². The summed E-state index contributed by atoms with van der Waals surface area (Å²) in [5.74, 6) is 0.0318. The highest BCUT2D eigenvalue weighted by Crippen LogP contribution is 2.32. The highest BCUT2D eigenvalue weighted by molar-refractivity contribution is 6.29. The number of carbonyl (C=O) groups excluding carboxylic acids is 2. The zero-order valence-electron chi connectivity index (χ0n) is 12.1. The predicted molar refractivity (Wildman–Crippen MR) is 80.6 cm³/mol. The Morgan fingerprint density at radius 3 is 3.05 bits per heavy atom. The summed E-state index contributed by atoms with van der Waals surface area (Å²) in [5, 5.41) is 5.97. The lowest BCUT2D eigenvalue weighted by atomic mass is 9.93. The molecule has 2 N–H and O–H groups in total. The fourth-order valence-corrected chi connectivity index (χ4v) is 3.08. The number of hydrogen-bond donors (Lipinski definition) is 2. The van der Waals surface area contributed by atoms with Gasteiger partial charge in [-0.1, -0.05) is 17.7 Å². The van der Waals surface area contributed by atoms with E-state index in [1.807, 2.05) is 6.07 Å². The van der Waals surface area contributed by atoms with E-state index in [1.165, 1.54) is 0 Å². The molecular formula is C15H18ClN3O3. The smallest absolute Gasteiger partial charge is 0.407 e. The zero-order chi connectivity index (χ0) is 15.5. The van der Waals surface area contributed by atoms with Gasteiger partial charge in [-0.15, -0.1) is 0 Å². The Morgan fingerprint density at radius 2 is 2.27 bits per heavy atom. The van der Waals surface area contributed by atoms with Gasteiger partial charge < -0.3 is 15.4 Å². The number of aromatic nitrogens is 1. The molecule has 1 aromatic rings. The number of amides is 2.